The summed E-state index contributed by atoms with van der Waals surface area (Å²) in [6.07, 6.45) is -35.8. The van der Waals surface area contributed by atoms with Gasteiger partial charge in [-0.05, 0) is 80.0 Å². The highest BCUT2D eigenvalue weighted by Crippen LogP contribution is 2.70. The second-order valence-electron chi connectivity index (χ2n) is 26.7. The molecule has 36 atom stereocenters. The van der Waals surface area contributed by atoms with Gasteiger partial charge in [0.2, 0.25) is 0 Å². The summed E-state index contributed by atoms with van der Waals surface area (Å²) < 4.78 is 72.4. The van der Waals surface area contributed by atoms with Gasteiger partial charge in [-0.3, -0.25) is 4.79 Å². The average Bonchev–Trinajstić information content (AvgIpc) is 1.48. The summed E-state index contributed by atoms with van der Waals surface area (Å²) in [5, 5.41) is 170. The fourth-order valence-corrected chi connectivity index (χ4v) is 16.8. The molecule has 4 saturated carbocycles. The molecule has 0 amide bonds. The normalized spacial score (nSPS) is 54.4. The lowest BCUT2D eigenvalue weighted by atomic mass is 9.44. The molecule has 0 radical (unpaired) electrons. The number of methoxy groups -OCH3 is 1. The molecule has 0 aromatic carbocycles. The van der Waals surface area contributed by atoms with E-state index in [1.165, 1.54) is 0 Å². The van der Waals surface area contributed by atoms with Gasteiger partial charge in [0.05, 0.1) is 51.8 Å². The summed E-state index contributed by atoms with van der Waals surface area (Å²) in [5.41, 5.74) is -0.904. The zero-order valence-electron chi connectivity index (χ0n) is 49.1. The lowest BCUT2D eigenvalue weighted by Crippen LogP contribution is -2.68. The first kappa shape index (κ1) is 67.4. The molecular weight excluding hydrogens is 1150 g/mol. The molecule has 0 unspecified atom stereocenters. The molecule has 496 valence electrons. The molecular formula is C57H94O29. The van der Waals surface area contributed by atoms with Crippen LogP contribution < -0.4 is 0 Å². The maximum Gasteiger partial charge on any atom is 0.187 e. The first-order chi connectivity index (χ1) is 40.8. The van der Waals surface area contributed by atoms with E-state index in [0.29, 0.717) is 44.9 Å². The third-order valence-corrected chi connectivity index (χ3v) is 22.0. The van der Waals surface area contributed by atoms with Crippen molar-refractivity contribution in [2.75, 3.05) is 46.8 Å². The van der Waals surface area contributed by atoms with Crippen molar-refractivity contribution in [2.24, 2.45) is 52.3 Å². The van der Waals surface area contributed by atoms with E-state index in [4.69, 9.17) is 56.8 Å². The van der Waals surface area contributed by atoms with Crippen LogP contribution in [0.5, 0.6) is 0 Å². The highest BCUT2D eigenvalue weighted by molar-refractivity contribution is 5.87. The SMILES string of the molecule is CO[C@]1(CC[C@H](C)CO[C@@H]2O[C@H](CO)[C@@H](O)[C@H](O)[C@H]2O)O[C@@H]2C[C@H]3[C@@H]4CC[C@H]5C[C@@H](O[C@@H]6O[C@H](CO)[C@H](O[C@@H]7O[C@H](CO)[C@@H](O)[C@H](O[C@@H]8OC[C@@H](O)[C@H](O)[C@H]8O)[C@H]7O[C@@H]7O[C@H](CO)[C@@H](O)[C@H](O)[C@H]7O)[C@H](O)[C@H]6O)CC[C@]5(C)[C@H]4CC(=O)[C@]3(C)[C@@H]2[C@@H]1C. The number of rotatable bonds is 19. The van der Waals surface area contributed by atoms with Gasteiger partial charge in [-0.1, -0.05) is 27.7 Å². The lowest BCUT2D eigenvalue weighted by molar-refractivity contribution is -0.404. The molecule has 6 saturated heterocycles. The maximum atomic E-state index is 15.0. The molecule has 86 heavy (non-hydrogen) atoms. The van der Waals surface area contributed by atoms with E-state index in [-0.39, 0.29) is 65.3 Å². The highest BCUT2D eigenvalue weighted by Gasteiger charge is 2.72. The summed E-state index contributed by atoms with van der Waals surface area (Å²) in [6, 6.07) is 0. The Morgan fingerprint density at radius 1 is 0.581 bits per heavy atom. The molecule has 4 aliphatic carbocycles. The molecule has 0 aromatic rings. The molecule has 6 heterocycles. The van der Waals surface area contributed by atoms with Gasteiger partial charge in [-0.2, -0.15) is 0 Å². The van der Waals surface area contributed by atoms with E-state index in [9.17, 15) is 86.5 Å². The zero-order chi connectivity index (χ0) is 62.2. The first-order valence-electron chi connectivity index (χ1n) is 30.6. The van der Waals surface area contributed by atoms with Crippen LogP contribution in [-0.4, -0.2) is 300 Å². The standard InChI is InChI=1S/C57H94O29/c1-21(19-76-50-44(72)40(68)37(65)30(15-58)79-50)8-11-57(75-5)22(2)35-29(86-57)13-27-25-7-6-23-12-24(9-10-55(23,3)26(25)14-34(63)56(27,35)4)78-52-46(74)42(70)47(33(18-61)82-52)83-54-49(85-53-45(73)41(69)38(66)31(16-59)80-53)48(39(67)32(17-60)81-54)84-51-43(71)36(64)28(62)20-77-51/h21-33,35-54,58-62,64-74H,6-20H2,1-5H3/t21-,22-,23-,24-,25+,26-,27-,28+,29+,30+,31+,32+,33+,35+,36-,37+,38+,39+,40-,41-,42+,43+,44+,45+,46+,47-,48-,49+,50+,51-,52+,53-,54-,55-,56+,57+/m0/s1. The molecule has 0 bridgehead atoms. The lowest BCUT2D eigenvalue weighted by Gasteiger charge is -2.60. The minimum absolute atomic E-state index is 0.0749. The summed E-state index contributed by atoms with van der Waals surface area (Å²) in [4.78, 5) is 15.0. The molecule has 29 nitrogen and oxygen atoms in total. The van der Waals surface area contributed by atoms with Gasteiger partial charge in [0.15, 0.2) is 37.2 Å². The molecule has 0 spiro atoms. The number of aliphatic hydroxyl groups is 16. The van der Waals surface area contributed by atoms with Gasteiger partial charge in [0.1, 0.15) is 122 Å². The number of ether oxygens (including phenoxy) is 12. The molecule has 6 aliphatic heterocycles. The predicted molar refractivity (Wildman–Crippen MR) is 283 cm³/mol. The Morgan fingerprint density at radius 2 is 1.14 bits per heavy atom. The van der Waals surface area contributed by atoms with Gasteiger partial charge < -0.3 is 139 Å². The van der Waals surface area contributed by atoms with E-state index in [0.717, 1.165) is 12.8 Å². The third-order valence-electron chi connectivity index (χ3n) is 22.0. The van der Waals surface area contributed by atoms with Gasteiger partial charge in [0, 0.05) is 37.2 Å². The number of carbonyl (C=O) groups excluding carboxylic acids is 1. The summed E-state index contributed by atoms with van der Waals surface area (Å²) in [5.74, 6) is -0.553. The van der Waals surface area contributed by atoms with Crippen molar-refractivity contribution in [2.45, 2.75) is 251 Å². The molecule has 0 aromatic heterocycles. The van der Waals surface area contributed by atoms with E-state index in [1.807, 2.05) is 6.92 Å². The van der Waals surface area contributed by atoms with Crippen molar-refractivity contribution in [3.05, 3.63) is 0 Å². The zero-order valence-corrected chi connectivity index (χ0v) is 49.1. The number of hydrogen-bond donors (Lipinski definition) is 16. The van der Waals surface area contributed by atoms with E-state index in [2.05, 4.69) is 20.8 Å². The van der Waals surface area contributed by atoms with Crippen LogP contribution in [0.25, 0.3) is 0 Å². The summed E-state index contributed by atoms with van der Waals surface area (Å²) in [6.45, 7) is 4.89. The van der Waals surface area contributed by atoms with Crippen LogP contribution in [0.4, 0.5) is 0 Å². The fourth-order valence-electron chi connectivity index (χ4n) is 16.8. The van der Waals surface area contributed by atoms with Crippen molar-refractivity contribution in [3.8, 4) is 0 Å². The molecule has 29 heteroatoms. The number of fused-ring (bicyclic) bond motifs is 7. The minimum Gasteiger partial charge on any atom is -0.394 e. The number of hydrogen-bond acceptors (Lipinski definition) is 29. The molecule has 16 N–H and O–H groups in total. The number of aliphatic hydroxyl groups excluding tert-OH is 16. The Morgan fingerprint density at radius 3 is 1.79 bits per heavy atom. The Balaban J connectivity index is 0.774. The van der Waals surface area contributed by atoms with E-state index < -0.39 is 198 Å². The van der Waals surface area contributed by atoms with Crippen LogP contribution in [0.15, 0.2) is 0 Å². The number of carbonyl (C=O) groups is 1. The van der Waals surface area contributed by atoms with Gasteiger partial charge in [0.25, 0.3) is 0 Å². The Kier molecular flexibility index (Phi) is 21.1. The summed E-state index contributed by atoms with van der Waals surface area (Å²) in [7, 11) is 1.63. The average molecular weight is 1240 g/mol. The van der Waals surface area contributed by atoms with Gasteiger partial charge >= 0.3 is 0 Å². The Bertz CT molecular complexity index is 2240. The molecule has 10 rings (SSSR count). The van der Waals surface area contributed by atoms with E-state index >= 15 is 0 Å². The number of ketones is 1. The van der Waals surface area contributed by atoms with Crippen LogP contribution in [0.3, 0.4) is 0 Å². The Hall–Kier alpha value is -1.45. The smallest absolute Gasteiger partial charge is 0.187 e. The van der Waals surface area contributed by atoms with Gasteiger partial charge in [-0.25, -0.2) is 0 Å². The van der Waals surface area contributed by atoms with Crippen LogP contribution in [0.2, 0.25) is 0 Å². The fraction of sp³-hybridized carbons (Fsp3) is 0.982. The third kappa shape index (κ3) is 12.0. The quantitative estimate of drug-likeness (QED) is 0.0536. The van der Waals surface area contributed by atoms with Crippen LogP contribution in [-0.2, 0) is 61.6 Å². The van der Waals surface area contributed by atoms with Crippen LogP contribution >= 0.6 is 0 Å². The van der Waals surface area contributed by atoms with Gasteiger partial charge in [-0.15, -0.1) is 0 Å². The van der Waals surface area contributed by atoms with Crippen molar-refractivity contribution in [1.29, 1.82) is 0 Å². The van der Waals surface area contributed by atoms with Crippen LogP contribution in [0, 0.1) is 52.3 Å². The Labute approximate surface area is 497 Å². The summed E-state index contributed by atoms with van der Waals surface area (Å²) >= 11 is 0. The maximum absolute atomic E-state index is 15.0. The van der Waals surface area contributed by atoms with E-state index in [1.54, 1.807) is 7.11 Å². The highest BCUT2D eigenvalue weighted by atomic mass is 16.8. The molecule has 10 fully saturated rings. The topological polar surface area (TPSA) is 452 Å². The van der Waals surface area contributed by atoms with Crippen LogP contribution in [0.1, 0.15) is 85.5 Å². The van der Waals surface area contributed by atoms with Crippen molar-refractivity contribution < 1.29 is 143 Å². The monoisotopic (exact) mass is 1240 g/mol. The first-order valence-corrected chi connectivity index (χ1v) is 30.6. The number of Topliss-reactive ketones (excluding diaryl/α,β-unsaturated/α-hetero) is 1. The predicted octanol–water partition coefficient (Wildman–Crippen LogP) is -5.66. The second kappa shape index (κ2) is 26.9. The van der Waals surface area contributed by atoms with Crippen molar-refractivity contribution >= 4 is 5.78 Å². The van der Waals surface area contributed by atoms with Crippen molar-refractivity contribution in [3.63, 3.8) is 0 Å². The minimum atomic E-state index is -2.04. The second-order valence-corrected chi connectivity index (χ2v) is 26.7. The largest absolute Gasteiger partial charge is 0.394 e. The van der Waals surface area contributed by atoms with Crippen molar-refractivity contribution in [1.82, 2.24) is 0 Å². The molecule has 10 aliphatic rings.